The number of hydrogen-bond donors (Lipinski definition) is 1. The molecule has 6 heteroatoms. The maximum absolute atomic E-state index is 12.5. The average molecular weight is 370 g/mol. The Balaban J connectivity index is 2.20. The Labute approximate surface area is 160 Å². The second-order valence-electron chi connectivity index (χ2n) is 6.49. The minimum atomic E-state index is -0.232. The number of hydrogen-bond acceptors (Lipinski definition) is 4. The van der Waals surface area contributed by atoms with Gasteiger partial charge in [-0.3, -0.25) is 9.59 Å². The van der Waals surface area contributed by atoms with Gasteiger partial charge in [0, 0.05) is 26.6 Å². The molecule has 6 nitrogen and oxygen atoms in total. The summed E-state index contributed by atoms with van der Waals surface area (Å²) in [4.78, 5) is 26.4. The van der Waals surface area contributed by atoms with Gasteiger partial charge < -0.3 is 19.7 Å². The van der Waals surface area contributed by atoms with Gasteiger partial charge in [0.25, 0.3) is 5.91 Å². The van der Waals surface area contributed by atoms with E-state index in [4.69, 9.17) is 9.47 Å². The smallest absolute Gasteiger partial charge is 0.255 e. The molecule has 0 spiro atoms. The highest BCUT2D eigenvalue weighted by molar-refractivity contribution is 6.04. The van der Waals surface area contributed by atoms with Crippen LogP contribution in [-0.4, -0.2) is 45.0 Å². The Morgan fingerprint density at radius 3 is 2.15 bits per heavy atom. The van der Waals surface area contributed by atoms with Crippen LogP contribution in [0.1, 0.15) is 27.9 Å². The zero-order valence-corrected chi connectivity index (χ0v) is 16.5. The monoisotopic (exact) mass is 370 g/mol. The van der Waals surface area contributed by atoms with Crippen molar-refractivity contribution in [1.29, 1.82) is 0 Å². The molecule has 2 aromatic rings. The summed E-state index contributed by atoms with van der Waals surface area (Å²) in [5, 5.41) is 2.83. The molecule has 0 aromatic heterocycles. The number of benzene rings is 2. The second kappa shape index (κ2) is 9.07. The van der Waals surface area contributed by atoms with Gasteiger partial charge in [0.1, 0.15) is 0 Å². The van der Waals surface area contributed by atoms with Gasteiger partial charge >= 0.3 is 0 Å². The van der Waals surface area contributed by atoms with Crippen molar-refractivity contribution in [2.75, 3.05) is 33.6 Å². The largest absolute Gasteiger partial charge is 0.493 e. The van der Waals surface area contributed by atoms with Gasteiger partial charge in [-0.05, 0) is 25.0 Å². The van der Waals surface area contributed by atoms with E-state index in [1.165, 1.54) is 24.7 Å². The Bertz CT molecular complexity index is 814. The summed E-state index contributed by atoms with van der Waals surface area (Å²) in [5.41, 5.74) is 3.02. The van der Waals surface area contributed by atoms with Crippen molar-refractivity contribution >= 4 is 17.5 Å². The molecular weight excluding hydrogens is 344 g/mol. The fraction of sp³-hybridized carbons (Fsp3) is 0.333. The van der Waals surface area contributed by atoms with E-state index in [-0.39, 0.29) is 11.8 Å². The van der Waals surface area contributed by atoms with Gasteiger partial charge in [0.15, 0.2) is 11.5 Å². The fourth-order valence-corrected chi connectivity index (χ4v) is 2.63. The lowest BCUT2D eigenvalue weighted by Gasteiger charge is -2.18. The summed E-state index contributed by atoms with van der Waals surface area (Å²) in [7, 11) is 6.32. The van der Waals surface area contributed by atoms with Crippen LogP contribution in [0.25, 0.3) is 0 Å². The lowest BCUT2D eigenvalue weighted by atomic mass is 10.1. The van der Waals surface area contributed by atoms with E-state index in [0.717, 1.165) is 5.56 Å². The maximum atomic E-state index is 12.5. The first-order chi connectivity index (χ1) is 12.8. The highest BCUT2D eigenvalue weighted by Gasteiger charge is 2.19. The molecule has 144 valence electrons. The standard InChI is InChI=1S/C21H26N2O4/c1-14-6-8-15(9-7-14)10-11-20(24)22-17-13-19(27-5)18(26-4)12-16(17)21(25)23(2)3/h6-9,12-13H,10-11H2,1-5H3,(H,22,24). The van der Waals surface area contributed by atoms with Crippen molar-refractivity contribution < 1.29 is 19.1 Å². The van der Waals surface area contributed by atoms with Crippen LogP contribution in [0.4, 0.5) is 5.69 Å². The average Bonchev–Trinajstić information content (AvgIpc) is 2.66. The third-order valence-electron chi connectivity index (χ3n) is 4.20. The summed E-state index contributed by atoms with van der Waals surface area (Å²) in [6.45, 7) is 2.02. The molecule has 0 bridgehead atoms. The molecule has 2 rings (SSSR count). The van der Waals surface area contributed by atoms with Crippen LogP contribution in [0.3, 0.4) is 0 Å². The quantitative estimate of drug-likeness (QED) is 0.812. The summed E-state index contributed by atoms with van der Waals surface area (Å²) in [6, 6.07) is 11.3. The lowest BCUT2D eigenvalue weighted by Crippen LogP contribution is -2.24. The van der Waals surface area contributed by atoms with Crippen molar-refractivity contribution in [1.82, 2.24) is 4.90 Å². The number of ether oxygens (including phenoxy) is 2. The van der Waals surface area contributed by atoms with Gasteiger partial charge in [0.05, 0.1) is 25.5 Å². The molecule has 0 aliphatic heterocycles. The molecule has 0 saturated carbocycles. The zero-order chi connectivity index (χ0) is 20.0. The molecule has 0 aliphatic carbocycles. The highest BCUT2D eigenvalue weighted by Crippen LogP contribution is 2.34. The van der Waals surface area contributed by atoms with Crippen LogP contribution >= 0.6 is 0 Å². The SMILES string of the molecule is COc1cc(NC(=O)CCc2ccc(C)cc2)c(C(=O)N(C)C)cc1OC. The summed E-state index contributed by atoms with van der Waals surface area (Å²) >= 11 is 0. The third kappa shape index (κ3) is 5.23. The molecule has 27 heavy (non-hydrogen) atoms. The Hall–Kier alpha value is -3.02. The topological polar surface area (TPSA) is 67.9 Å². The van der Waals surface area contributed by atoms with Gasteiger partial charge in [-0.1, -0.05) is 29.8 Å². The van der Waals surface area contributed by atoms with Crippen LogP contribution in [0.15, 0.2) is 36.4 Å². The molecule has 0 unspecified atom stereocenters. The molecule has 0 saturated heterocycles. The number of carbonyl (C=O) groups is 2. The predicted octanol–water partition coefficient (Wildman–Crippen LogP) is 3.29. The van der Waals surface area contributed by atoms with E-state index < -0.39 is 0 Å². The number of carbonyl (C=O) groups excluding carboxylic acids is 2. The molecule has 0 aliphatic rings. The molecular formula is C21H26N2O4. The van der Waals surface area contributed by atoms with Crippen LogP contribution in [-0.2, 0) is 11.2 Å². The van der Waals surface area contributed by atoms with E-state index in [2.05, 4.69) is 5.32 Å². The normalized spacial score (nSPS) is 10.3. The first kappa shape index (κ1) is 20.3. The van der Waals surface area contributed by atoms with Crippen molar-refractivity contribution in [2.24, 2.45) is 0 Å². The van der Waals surface area contributed by atoms with Crippen LogP contribution < -0.4 is 14.8 Å². The molecule has 0 radical (unpaired) electrons. The number of amides is 2. The molecule has 2 aromatic carbocycles. The number of methoxy groups -OCH3 is 2. The van der Waals surface area contributed by atoms with Gasteiger partial charge in [-0.15, -0.1) is 0 Å². The van der Waals surface area contributed by atoms with E-state index in [1.807, 2.05) is 31.2 Å². The van der Waals surface area contributed by atoms with Gasteiger partial charge in [-0.25, -0.2) is 0 Å². The molecule has 0 fully saturated rings. The van der Waals surface area contributed by atoms with Crippen molar-refractivity contribution in [3.63, 3.8) is 0 Å². The predicted molar refractivity (Wildman–Crippen MR) is 106 cm³/mol. The summed E-state index contributed by atoms with van der Waals surface area (Å²) in [6.07, 6.45) is 0.934. The lowest BCUT2D eigenvalue weighted by molar-refractivity contribution is -0.116. The number of nitrogens with one attached hydrogen (secondary N) is 1. The summed E-state index contributed by atoms with van der Waals surface area (Å²) in [5.74, 6) is 0.474. The van der Waals surface area contributed by atoms with Crippen molar-refractivity contribution in [3.05, 3.63) is 53.1 Å². The molecule has 2 amide bonds. The Kier molecular flexibility index (Phi) is 6.82. The Morgan fingerprint density at radius 1 is 1.00 bits per heavy atom. The number of anilines is 1. The van der Waals surface area contributed by atoms with E-state index in [0.29, 0.717) is 35.6 Å². The zero-order valence-electron chi connectivity index (χ0n) is 16.5. The van der Waals surface area contributed by atoms with Crippen LogP contribution in [0, 0.1) is 6.92 Å². The number of aryl methyl sites for hydroxylation is 2. The molecule has 0 heterocycles. The molecule has 1 N–H and O–H groups in total. The maximum Gasteiger partial charge on any atom is 0.255 e. The first-order valence-corrected chi connectivity index (χ1v) is 8.68. The minimum absolute atomic E-state index is 0.171. The van der Waals surface area contributed by atoms with E-state index >= 15 is 0 Å². The van der Waals surface area contributed by atoms with Gasteiger partial charge in [-0.2, -0.15) is 0 Å². The van der Waals surface area contributed by atoms with E-state index in [9.17, 15) is 9.59 Å². The minimum Gasteiger partial charge on any atom is -0.493 e. The number of rotatable bonds is 7. The van der Waals surface area contributed by atoms with Gasteiger partial charge in [0.2, 0.25) is 5.91 Å². The third-order valence-corrected chi connectivity index (χ3v) is 4.20. The Morgan fingerprint density at radius 2 is 1.59 bits per heavy atom. The van der Waals surface area contributed by atoms with E-state index in [1.54, 1.807) is 26.2 Å². The number of nitrogens with zero attached hydrogens (tertiary/aromatic N) is 1. The van der Waals surface area contributed by atoms with Crippen LogP contribution in [0.2, 0.25) is 0 Å². The highest BCUT2D eigenvalue weighted by atomic mass is 16.5. The van der Waals surface area contributed by atoms with Crippen molar-refractivity contribution in [3.8, 4) is 11.5 Å². The van der Waals surface area contributed by atoms with Crippen molar-refractivity contribution in [2.45, 2.75) is 19.8 Å². The van der Waals surface area contributed by atoms with Crippen LogP contribution in [0.5, 0.6) is 11.5 Å². The summed E-state index contributed by atoms with van der Waals surface area (Å²) < 4.78 is 10.6. The fourth-order valence-electron chi connectivity index (χ4n) is 2.63. The molecule has 0 atom stereocenters. The second-order valence-corrected chi connectivity index (χ2v) is 6.49. The first-order valence-electron chi connectivity index (χ1n) is 8.68.